The van der Waals surface area contributed by atoms with Crippen LogP contribution in [-0.2, 0) is 11.5 Å². The first-order chi connectivity index (χ1) is 14.8. The van der Waals surface area contributed by atoms with Crippen LogP contribution in [0.4, 0.5) is 13.2 Å². The third-order valence-corrected chi connectivity index (χ3v) is 6.61. The van der Waals surface area contributed by atoms with E-state index in [-0.39, 0.29) is 59.1 Å². The topological polar surface area (TPSA) is 99.7 Å². The Hall–Kier alpha value is -2.33. The summed E-state index contributed by atoms with van der Waals surface area (Å²) in [6.07, 6.45) is 0. The van der Waals surface area contributed by atoms with Crippen LogP contribution in [0.25, 0.3) is 0 Å². The Bertz CT molecular complexity index is 1080. The molecule has 0 spiro atoms. The molecule has 0 aliphatic heterocycles. The Morgan fingerprint density at radius 2 is 1.09 bits per heavy atom. The summed E-state index contributed by atoms with van der Waals surface area (Å²) in [6, 6.07) is 13.4. The van der Waals surface area contributed by atoms with Gasteiger partial charge in [-0.2, -0.15) is 0 Å². The van der Waals surface area contributed by atoms with Crippen molar-refractivity contribution in [2.45, 2.75) is 21.3 Å². The van der Waals surface area contributed by atoms with Crippen LogP contribution in [0.5, 0.6) is 0 Å². The molecule has 0 aliphatic carbocycles. The van der Waals surface area contributed by atoms with Gasteiger partial charge in [0.25, 0.3) is 0 Å². The third-order valence-electron chi connectivity index (χ3n) is 4.41. The molecule has 0 aliphatic rings. The van der Waals surface area contributed by atoms with E-state index in [1.54, 1.807) is 30.3 Å². The molecule has 0 saturated carbocycles. The predicted molar refractivity (Wildman–Crippen MR) is 135 cm³/mol. The van der Waals surface area contributed by atoms with Crippen LogP contribution >= 0.6 is 48.3 Å². The fraction of sp³-hybridized carbons (Fsp3) is 0.0909. The lowest BCUT2D eigenvalue weighted by molar-refractivity contribution is 0.599. The quantitative estimate of drug-likeness (QED) is 0.160. The molecule has 0 atom stereocenters. The fourth-order valence-corrected chi connectivity index (χ4v) is 4.53. The summed E-state index contributed by atoms with van der Waals surface area (Å²) in [5.41, 5.74) is 12.1. The summed E-state index contributed by atoms with van der Waals surface area (Å²) >= 11 is 2.28. The first-order valence-electron chi connectivity index (χ1n) is 9.06. The molecule has 3 aromatic carbocycles. The zero-order chi connectivity index (χ0) is 22.5. The zero-order valence-corrected chi connectivity index (χ0v) is 20.3. The van der Waals surface area contributed by atoms with E-state index in [9.17, 15) is 13.2 Å². The second-order valence-corrected chi connectivity index (χ2v) is 8.62. The summed E-state index contributed by atoms with van der Waals surface area (Å²) in [6.45, 7) is 0. The number of thioether (sulfide) groups is 2. The maximum absolute atomic E-state index is 14.9. The maximum atomic E-state index is 14.9. The van der Waals surface area contributed by atoms with Crippen molar-refractivity contribution >= 4 is 60.0 Å². The Morgan fingerprint density at radius 1 is 0.697 bits per heavy atom. The van der Waals surface area contributed by atoms with Gasteiger partial charge in [-0.3, -0.25) is 10.8 Å². The van der Waals surface area contributed by atoms with Gasteiger partial charge in [0.1, 0.15) is 29.1 Å². The van der Waals surface area contributed by atoms with Crippen LogP contribution in [0.15, 0.2) is 64.4 Å². The summed E-state index contributed by atoms with van der Waals surface area (Å²) in [7, 11) is 0. The van der Waals surface area contributed by atoms with Gasteiger partial charge >= 0.3 is 0 Å². The van der Waals surface area contributed by atoms with Crippen LogP contribution < -0.4 is 11.5 Å². The van der Waals surface area contributed by atoms with E-state index >= 15 is 0 Å². The highest BCUT2D eigenvalue weighted by atomic mass is 35.5. The van der Waals surface area contributed by atoms with E-state index in [4.69, 9.17) is 22.3 Å². The molecule has 0 aromatic heterocycles. The second kappa shape index (κ2) is 12.8. The van der Waals surface area contributed by atoms with Gasteiger partial charge in [0.2, 0.25) is 0 Å². The monoisotopic (exact) mass is 532 g/mol. The Balaban J connectivity index is 0.00000272. The van der Waals surface area contributed by atoms with Crippen molar-refractivity contribution in [3.63, 3.8) is 0 Å². The Morgan fingerprint density at radius 3 is 1.42 bits per heavy atom. The molecular formula is C22H21Cl2F3N4S2. The van der Waals surface area contributed by atoms with Crippen molar-refractivity contribution in [1.29, 1.82) is 10.8 Å². The molecule has 11 heteroatoms. The largest absolute Gasteiger partial charge is 0.384 e. The number of nitrogens with two attached hydrogens (primary N) is 2. The van der Waals surface area contributed by atoms with Gasteiger partial charge in [0.05, 0.1) is 0 Å². The van der Waals surface area contributed by atoms with E-state index in [1.165, 1.54) is 24.3 Å². The lowest BCUT2D eigenvalue weighted by Gasteiger charge is -2.10. The highest BCUT2D eigenvalue weighted by Crippen LogP contribution is 2.31. The molecule has 0 radical (unpaired) electrons. The van der Waals surface area contributed by atoms with Crippen LogP contribution in [-0.4, -0.2) is 11.7 Å². The highest BCUT2D eigenvalue weighted by molar-refractivity contribution is 7.98. The molecule has 176 valence electrons. The number of hydrogen-bond acceptors (Lipinski definition) is 4. The number of nitrogens with one attached hydrogen (secondary N) is 2. The van der Waals surface area contributed by atoms with Gasteiger partial charge < -0.3 is 11.5 Å². The number of hydrogen-bond donors (Lipinski definition) is 4. The predicted octanol–water partition coefficient (Wildman–Crippen LogP) is 6.10. The smallest absolute Gasteiger partial charge is 0.137 e. The van der Waals surface area contributed by atoms with Crippen molar-refractivity contribution in [2.75, 3.05) is 0 Å². The molecule has 3 rings (SSSR count). The molecule has 0 unspecified atom stereocenters. The van der Waals surface area contributed by atoms with Gasteiger partial charge in [-0.25, -0.2) is 13.2 Å². The number of benzene rings is 3. The lowest BCUT2D eigenvalue weighted by atomic mass is 10.1. The first kappa shape index (κ1) is 28.7. The minimum atomic E-state index is -0.519. The molecule has 0 bridgehead atoms. The molecular weight excluding hydrogens is 512 g/mol. The number of halogens is 5. The molecule has 0 amide bonds. The number of nitrogen functional groups attached to an aromatic ring is 2. The van der Waals surface area contributed by atoms with Crippen molar-refractivity contribution in [2.24, 2.45) is 11.5 Å². The molecule has 0 fully saturated rings. The maximum Gasteiger partial charge on any atom is 0.137 e. The molecule has 33 heavy (non-hydrogen) atoms. The van der Waals surface area contributed by atoms with E-state index in [0.29, 0.717) is 20.9 Å². The van der Waals surface area contributed by atoms with Gasteiger partial charge in [-0.15, -0.1) is 48.3 Å². The molecule has 4 nitrogen and oxygen atoms in total. The van der Waals surface area contributed by atoms with E-state index in [1.807, 2.05) is 0 Å². The number of rotatable bonds is 8. The van der Waals surface area contributed by atoms with Crippen molar-refractivity contribution in [3.05, 3.63) is 94.3 Å². The Labute approximate surface area is 210 Å². The van der Waals surface area contributed by atoms with Crippen molar-refractivity contribution in [3.8, 4) is 0 Å². The van der Waals surface area contributed by atoms with Crippen molar-refractivity contribution in [1.82, 2.24) is 0 Å². The highest BCUT2D eigenvalue weighted by Gasteiger charge is 2.13. The minimum absolute atomic E-state index is 0. The zero-order valence-electron chi connectivity index (χ0n) is 17.0. The van der Waals surface area contributed by atoms with E-state index < -0.39 is 17.5 Å². The van der Waals surface area contributed by atoms with Gasteiger partial charge in [-0.1, -0.05) is 18.2 Å². The number of amidine groups is 2. The molecule has 3 aromatic rings. The minimum Gasteiger partial charge on any atom is -0.384 e. The SMILES string of the molecule is Cl.Cl.N=C(N)c1ccc(SCc2cccc(CSc3ccc(C(=N)N)cc3F)c2F)c(F)c1. The molecule has 6 N–H and O–H groups in total. The van der Waals surface area contributed by atoms with E-state index in [0.717, 1.165) is 23.5 Å². The summed E-state index contributed by atoms with van der Waals surface area (Å²) in [5.74, 6) is -1.48. The fourth-order valence-electron chi connectivity index (χ4n) is 2.74. The summed E-state index contributed by atoms with van der Waals surface area (Å²) in [5, 5.41) is 14.7. The van der Waals surface area contributed by atoms with E-state index in [2.05, 4.69) is 0 Å². The first-order valence-corrected chi connectivity index (χ1v) is 11.0. The average Bonchev–Trinajstić information content (AvgIpc) is 2.73. The van der Waals surface area contributed by atoms with Crippen LogP contribution in [0, 0.1) is 28.3 Å². The molecule has 0 heterocycles. The van der Waals surface area contributed by atoms with Crippen LogP contribution in [0.3, 0.4) is 0 Å². The van der Waals surface area contributed by atoms with Crippen molar-refractivity contribution < 1.29 is 13.2 Å². The summed E-state index contributed by atoms with van der Waals surface area (Å²) < 4.78 is 43.3. The Kier molecular flexibility index (Phi) is 11.1. The standard InChI is InChI=1S/C22H19F3N4S2.2ClH/c23-16-8-12(21(26)27)4-6-18(16)30-10-14-2-1-3-15(20(14)25)11-31-19-7-5-13(22(28)29)9-17(19)24;;/h1-9H,10-11H2,(H3,26,27)(H3,28,29);2*1H. The van der Waals surface area contributed by atoms with Gasteiger partial charge in [0.15, 0.2) is 0 Å². The third kappa shape index (κ3) is 7.33. The summed E-state index contributed by atoms with van der Waals surface area (Å²) in [4.78, 5) is 0.661. The van der Waals surface area contributed by atoms with Crippen LogP contribution in [0.1, 0.15) is 22.3 Å². The van der Waals surface area contributed by atoms with Gasteiger partial charge in [0, 0.05) is 32.4 Å². The van der Waals surface area contributed by atoms with Crippen LogP contribution in [0.2, 0.25) is 0 Å². The normalized spacial score (nSPS) is 10.2. The molecule has 0 saturated heterocycles. The average molecular weight is 533 g/mol. The van der Waals surface area contributed by atoms with Gasteiger partial charge in [-0.05, 0) is 47.5 Å². The second-order valence-electron chi connectivity index (χ2n) is 6.59. The lowest BCUT2D eigenvalue weighted by Crippen LogP contribution is -2.11.